The first-order valence-electron chi connectivity index (χ1n) is 8.12. The van der Waals surface area contributed by atoms with Gasteiger partial charge in [-0.3, -0.25) is 9.89 Å². The minimum Gasteiger partial charge on any atom is -0.495 e. The summed E-state index contributed by atoms with van der Waals surface area (Å²) in [5.74, 6) is 1.39. The first kappa shape index (κ1) is 18.0. The number of benzene rings is 2. The third kappa shape index (κ3) is 4.43. The summed E-state index contributed by atoms with van der Waals surface area (Å²) < 4.78 is 5.27. The predicted molar refractivity (Wildman–Crippen MR) is 104 cm³/mol. The number of aryl methyl sites for hydroxylation is 2. The molecule has 6 nitrogen and oxygen atoms in total. The Morgan fingerprint density at radius 2 is 1.88 bits per heavy atom. The summed E-state index contributed by atoms with van der Waals surface area (Å²) >= 11 is 1.28. The van der Waals surface area contributed by atoms with E-state index in [1.165, 1.54) is 17.3 Å². The molecule has 0 saturated heterocycles. The Labute approximate surface area is 156 Å². The molecule has 3 aromatic rings. The lowest BCUT2D eigenvalue weighted by molar-refractivity contribution is -0.113. The van der Waals surface area contributed by atoms with E-state index < -0.39 is 0 Å². The van der Waals surface area contributed by atoms with Gasteiger partial charge in [0.2, 0.25) is 11.1 Å². The number of rotatable bonds is 6. The van der Waals surface area contributed by atoms with Crippen LogP contribution < -0.4 is 10.1 Å². The maximum atomic E-state index is 12.2. The van der Waals surface area contributed by atoms with Crippen LogP contribution in [0.25, 0.3) is 11.4 Å². The fourth-order valence-corrected chi connectivity index (χ4v) is 2.99. The number of carbonyl (C=O) groups is 1. The highest BCUT2D eigenvalue weighted by Crippen LogP contribution is 2.26. The number of thioether (sulfide) groups is 1. The number of aromatic nitrogens is 3. The van der Waals surface area contributed by atoms with Crippen molar-refractivity contribution >= 4 is 23.4 Å². The summed E-state index contributed by atoms with van der Waals surface area (Å²) in [6.45, 7) is 4.00. The number of amides is 1. The Balaban J connectivity index is 1.60. The van der Waals surface area contributed by atoms with Crippen LogP contribution in [0.2, 0.25) is 0 Å². The molecule has 0 bridgehead atoms. The fraction of sp³-hybridized carbons (Fsp3) is 0.211. The Kier molecular flexibility index (Phi) is 5.58. The van der Waals surface area contributed by atoms with Gasteiger partial charge in [-0.05, 0) is 31.5 Å². The third-order valence-corrected chi connectivity index (χ3v) is 4.60. The standard InChI is InChI=1S/C19H20N4O2S/c1-12-4-7-14(8-5-12)18-21-19(23-22-18)26-11-17(24)20-15-10-13(2)6-9-16(15)25-3/h4-10H,11H2,1-3H3,(H,20,24)(H,21,22,23). The highest BCUT2D eigenvalue weighted by Gasteiger charge is 2.11. The molecule has 3 rings (SSSR count). The van der Waals surface area contributed by atoms with Crippen molar-refractivity contribution in [2.24, 2.45) is 0 Å². The molecule has 7 heteroatoms. The molecule has 1 heterocycles. The van der Waals surface area contributed by atoms with E-state index >= 15 is 0 Å². The molecule has 0 aliphatic heterocycles. The molecule has 0 unspecified atom stereocenters. The monoisotopic (exact) mass is 368 g/mol. The highest BCUT2D eigenvalue weighted by atomic mass is 32.2. The summed E-state index contributed by atoms with van der Waals surface area (Å²) in [7, 11) is 1.58. The van der Waals surface area contributed by atoms with E-state index in [9.17, 15) is 4.79 Å². The molecule has 26 heavy (non-hydrogen) atoms. The normalized spacial score (nSPS) is 10.6. The molecular weight excluding hydrogens is 348 g/mol. The Morgan fingerprint density at radius 1 is 1.15 bits per heavy atom. The Hall–Kier alpha value is -2.80. The van der Waals surface area contributed by atoms with E-state index in [1.54, 1.807) is 7.11 Å². The van der Waals surface area contributed by atoms with E-state index in [0.29, 0.717) is 22.4 Å². The second-order valence-corrected chi connectivity index (χ2v) is 6.82. The SMILES string of the molecule is COc1ccc(C)cc1NC(=O)CSc1n[nH]c(-c2ccc(C)cc2)n1. The zero-order chi connectivity index (χ0) is 18.5. The molecule has 134 valence electrons. The van der Waals surface area contributed by atoms with Gasteiger partial charge in [0, 0.05) is 5.56 Å². The van der Waals surface area contributed by atoms with E-state index in [-0.39, 0.29) is 11.7 Å². The zero-order valence-corrected chi connectivity index (χ0v) is 15.7. The second kappa shape index (κ2) is 8.05. The Morgan fingerprint density at radius 3 is 2.62 bits per heavy atom. The molecule has 1 aromatic heterocycles. The molecular formula is C19H20N4O2S. The third-order valence-electron chi connectivity index (χ3n) is 3.75. The number of nitrogens with zero attached hydrogens (tertiary/aromatic N) is 2. The second-order valence-electron chi connectivity index (χ2n) is 5.87. The maximum Gasteiger partial charge on any atom is 0.234 e. The van der Waals surface area contributed by atoms with Crippen LogP contribution in [0.4, 0.5) is 5.69 Å². The van der Waals surface area contributed by atoms with E-state index in [2.05, 4.69) is 20.5 Å². The van der Waals surface area contributed by atoms with Gasteiger partial charge in [-0.25, -0.2) is 4.98 Å². The molecule has 0 atom stereocenters. The molecule has 0 saturated carbocycles. The molecule has 0 fully saturated rings. The topological polar surface area (TPSA) is 79.9 Å². The summed E-state index contributed by atoms with van der Waals surface area (Å²) in [5.41, 5.74) is 3.86. The van der Waals surface area contributed by atoms with Crippen molar-refractivity contribution in [1.29, 1.82) is 0 Å². The number of carbonyl (C=O) groups excluding carboxylic acids is 1. The van der Waals surface area contributed by atoms with Gasteiger partial charge in [-0.15, -0.1) is 5.10 Å². The first-order chi connectivity index (χ1) is 12.5. The quantitative estimate of drug-likeness (QED) is 0.647. The summed E-state index contributed by atoms with van der Waals surface area (Å²) in [4.78, 5) is 16.7. The molecule has 2 aromatic carbocycles. The van der Waals surface area contributed by atoms with E-state index in [0.717, 1.165) is 11.1 Å². The predicted octanol–water partition coefficient (Wildman–Crippen LogP) is 3.83. The number of hydrogen-bond acceptors (Lipinski definition) is 5. The van der Waals surface area contributed by atoms with Crippen molar-refractivity contribution in [1.82, 2.24) is 15.2 Å². The number of hydrogen-bond donors (Lipinski definition) is 2. The van der Waals surface area contributed by atoms with Gasteiger partial charge in [0.1, 0.15) is 5.75 Å². The number of anilines is 1. The van der Waals surface area contributed by atoms with Gasteiger partial charge in [0.25, 0.3) is 0 Å². The lowest BCUT2D eigenvalue weighted by Crippen LogP contribution is -2.15. The fourth-order valence-electron chi connectivity index (χ4n) is 2.39. The van der Waals surface area contributed by atoms with Crippen molar-refractivity contribution in [2.75, 3.05) is 18.2 Å². The van der Waals surface area contributed by atoms with Crippen molar-refractivity contribution < 1.29 is 9.53 Å². The van der Waals surface area contributed by atoms with E-state index in [4.69, 9.17) is 4.74 Å². The van der Waals surface area contributed by atoms with Crippen LogP contribution in [0.3, 0.4) is 0 Å². The van der Waals surface area contributed by atoms with Crippen LogP contribution in [-0.4, -0.2) is 34.0 Å². The van der Waals surface area contributed by atoms with Crippen LogP contribution in [-0.2, 0) is 4.79 Å². The van der Waals surface area contributed by atoms with Gasteiger partial charge in [-0.2, -0.15) is 0 Å². The number of ether oxygens (including phenoxy) is 1. The Bertz CT molecular complexity index is 906. The van der Waals surface area contributed by atoms with Crippen molar-refractivity contribution in [3.63, 3.8) is 0 Å². The molecule has 0 spiro atoms. The number of aromatic amines is 1. The largest absolute Gasteiger partial charge is 0.495 e. The van der Waals surface area contributed by atoms with E-state index in [1.807, 2.05) is 56.3 Å². The van der Waals surface area contributed by atoms with Gasteiger partial charge < -0.3 is 10.1 Å². The van der Waals surface area contributed by atoms with Gasteiger partial charge in [0.05, 0.1) is 18.6 Å². The molecule has 0 radical (unpaired) electrons. The molecule has 2 N–H and O–H groups in total. The van der Waals surface area contributed by atoms with Crippen molar-refractivity contribution in [3.05, 3.63) is 53.6 Å². The molecule has 0 aliphatic rings. The number of nitrogens with one attached hydrogen (secondary N) is 2. The zero-order valence-electron chi connectivity index (χ0n) is 14.9. The number of H-pyrrole nitrogens is 1. The molecule has 0 aliphatic carbocycles. The van der Waals surface area contributed by atoms with Gasteiger partial charge in [0.15, 0.2) is 5.82 Å². The minimum absolute atomic E-state index is 0.138. The number of methoxy groups -OCH3 is 1. The minimum atomic E-state index is -0.138. The average Bonchev–Trinajstić information content (AvgIpc) is 3.10. The van der Waals surface area contributed by atoms with Gasteiger partial charge >= 0.3 is 0 Å². The van der Waals surface area contributed by atoms with Crippen LogP contribution in [0.15, 0.2) is 47.6 Å². The van der Waals surface area contributed by atoms with Crippen LogP contribution in [0.5, 0.6) is 5.75 Å². The lowest BCUT2D eigenvalue weighted by Gasteiger charge is -2.10. The summed E-state index contributed by atoms with van der Waals surface area (Å²) in [5, 5.41) is 10.5. The van der Waals surface area contributed by atoms with Crippen LogP contribution in [0, 0.1) is 13.8 Å². The van der Waals surface area contributed by atoms with Crippen LogP contribution in [0.1, 0.15) is 11.1 Å². The summed E-state index contributed by atoms with van der Waals surface area (Å²) in [6.07, 6.45) is 0. The van der Waals surface area contributed by atoms with Crippen molar-refractivity contribution in [3.8, 4) is 17.1 Å². The van der Waals surface area contributed by atoms with Crippen LogP contribution >= 0.6 is 11.8 Å². The van der Waals surface area contributed by atoms with Crippen molar-refractivity contribution in [2.45, 2.75) is 19.0 Å². The van der Waals surface area contributed by atoms with Gasteiger partial charge in [-0.1, -0.05) is 47.7 Å². The first-order valence-corrected chi connectivity index (χ1v) is 9.10. The average molecular weight is 368 g/mol. The maximum absolute atomic E-state index is 12.2. The smallest absolute Gasteiger partial charge is 0.234 e. The summed E-state index contributed by atoms with van der Waals surface area (Å²) in [6, 6.07) is 13.7. The highest BCUT2D eigenvalue weighted by molar-refractivity contribution is 7.99. The lowest BCUT2D eigenvalue weighted by atomic mass is 10.1. The molecule has 1 amide bonds.